The number of amides is 7. The molecule has 1 aliphatic carbocycles. The van der Waals surface area contributed by atoms with Crippen molar-refractivity contribution in [3.63, 3.8) is 0 Å². The van der Waals surface area contributed by atoms with Crippen LogP contribution < -0.4 is 26.6 Å². The zero-order valence-electron chi connectivity index (χ0n) is 39.7. The normalized spacial score (nSPS) is 27.3. The highest BCUT2D eigenvalue weighted by Crippen LogP contribution is 2.52. The van der Waals surface area contributed by atoms with Gasteiger partial charge in [0.2, 0.25) is 29.5 Å². The largest absolute Gasteiger partial charge is 0.508 e. The molecule has 20 heteroatoms. The molecule has 1 saturated carbocycles. The van der Waals surface area contributed by atoms with E-state index in [-0.39, 0.29) is 43.0 Å². The van der Waals surface area contributed by atoms with Crippen LogP contribution in [0, 0.1) is 29.6 Å². The number of carbonyl (C=O) groups excluding carboxylic acids is 8. The number of phenols is 1. The minimum Gasteiger partial charge on any atom is -0.508 e. The molecule has 3 heterocycles. The highest BCUT2D eigenvalue weighted by Gasteiger charge is 2.66. The maximum atomic E-state index is 14.9. The minimum absolute atomic E-state index is 0.0538. The number of fused-ring (bicyclic) bond motifs is 16. The number of benzene rings is 1. The summed E-state index contributed by atoms with van der Waals surface area (Å²) in [5.74, 6) is -12.1. The van der Waals surface area contributed by atoms with Gasteiger partial charge in [0, 0.05) is 32.2 Å². The van der Waals surface area contributed by atoms with Gasteiger partial charge in [-0.25, -0.2) is 4.79 Å². The predicted octanol–water partition coefficient (Wildman–Crippen LogP) is 1.35. The third kappa shape index (κ3) is 13.0. The van der Waals surface area contributed by atoms with Crippen molar-refractivity contribution in [2.24, 2.45) is 29.6 Å². The van der Waals surface area contributed by atoms with Gasteiger partial charge in [-0.3, -0.25) is 38.4 Å². The summed E-state index contributed by atoms with van der Waals surface area (Å²) in [4.78, 5) is 127. The van der Waals surface area contributed by atoms with E-state index in [0.29, 0.717) is 12.0 Å². The summed E-state index contributed by atoms with van der Waals surface area (Å²) in [7, 11) is 1.37. The number of esters is 1. The first kappa shape index (κ1) is 53.3. The quantitative estimate of drug-likeness (QED) is 0.0744. The Labute approximate surface area is 390 Å². The van der Waals surface area contributed by atoms with Crippen LogP contribution in [0.25, 0.3) is 0 Å². The van der Waals surface area contributed by atoms with Gasteiger partial charge in [-0.05, 0) is 48.3 Å². The molecule has 4 unspecified atom stereocenters. The summed E-state index contributed by atoms with van der Waals surface area (Å²) in [6.07, 6.45) is -0.736. The van der Waals surface area contributed by atoms with Crippen LogP contribution in [-0.2, 0) is 54.3 Å². The number of nitrogens with one attached hydrogen (secondary N) is 5. The molecule has 3 aliphatic heterocycles. The number of carboxylic acids is 1. The molecular formula is C47H67N7O13. The molecule has 3 saturated heterocycles. The van der Waals surface area contributed by atoms with Crippen LogP contribution in [0.3, 0.4) is 0 Å². The molecule has 7 amide bonds. The molecule has 67 heavy (non-hydrogen) atoms. The lowest BCUT2D eigenvalue weighted by molar-refractivity contribution is -0.167. The van der Waals surface area contributed by atoms with Gasteiger partial charge in [-0.2, -0.15) is 0 Å². The zero-order valence-corrected chi connectivity index (χ0v) is 39.7. The summed E-state index contributed by atoms with van der Waals surface area (Å²) >= 11 is 0. The molecule has 20 nitrogen and oxygen atoms in total. The Hall–Kier alpha value is -6.31. The van der Waals surface area contributed by atoms with Gasteiger partial charge in [-0.1, -0.05) is 93.0 Å². The fraction of sp³-hybridized carbons (Fsp3) is 0.596. The van der Waals surface area contributed by atoms with Gasteiger partial charge >= 0.3 is 11.9 Å². The fourth-order valence-electron chi connectivity index (χ4n) is 8.19. The van der Waals surface area contributed by atoms with Crippen molar-refractivity contribution in [3.8, 4) is 5.75 Å². The first-order chi connectivity index (χ1) is 31.4. The highest BCUT2D eigenvalue weighted by molar-refractivity contribution is 6.02. The molecule has 1 aromatic rings. The number of carboxylic acid groups (broad SMARTS) is 1. The van der Waals surface area contributed by atoms with Crippen molar-refractivity contribution in [1.29, 1.82) is 0 Å². The van der Waals surface area contributed by atoms with E-state index in [1.165, 1.54) is 25.3 Å². The van der Waals surface area contributed by atoms with Crippen molar-refractivity contribution in [1.82, 2.24) is 36.4 Å². The third-order valence-corrected chi connectivity index (χ3v) is 12.8. The standard InChI is InChI=1S/C47H67N7O13/c1-11-25(7)36-46(66)67-27(9)37(51-40(60)31(17-18-35(57)58)48-39(59)24(5)6)43(63)49-32(19-23(3)4)41(61)52-47-21-30(47)44(64)54(34(56)22-47)38(26(8)12-2)45(65)53(10)33(42(62)50-36)20-28-13-15-29(55)16-14-28/h13-16,19,23-26,30-31,33-34,36-38,55-56H,9,11-12,17-18,20-22H2,1-8,10H3,(H,48,59)(H,49,63)(H,50,62)(H,51,60)(H,52,61)(H,57,58)/b32-19+/t25?,26?,30?,31-,33-,34-,36-,37-,38-,47?/m0/s1. The van der Waals surface area contributed by atoms with E-state index in [1.807, 2.05) is 6.92 Å². The molecule has 0 radical (unpaired) electrons. The molecule has 1 aromatic carbocycles. The summed E-state index contributed by atoms with van der Waals surface area (Å²) in [5.41, 5.74) is -1.12. The number of piperidine rings is 1. The SMILES string of the molecule is C=C1OC(=O)[C@H](C(C)CC)NC(=O)[C@H](Cc2ccc(O)cc2)N(C)C(=O)[C@H](C(C)CC)N2C(=O)C3CC3(C[C@@H]2O)NC(=O)/C(=C\C(C)C)NC(=O)[C@H]1NC(=O)[C@H](CCC(=O)O)NC(=O)C(C)C. The molecule has 4 fully saturated rings. The second kappa shape index (κ2) is 22.5. The van der Waals surface area contributed by atoms with Gasteiger partial charge in [0.1, 0.15) is 47.6 Å². The number of allylic oxidation sites excluding steroid dienone is 1. The lowest BCUT2D eigenvalue weighted by Crippen LogP contribution is -2.64. The highest BCUT2D eigenvalue weighted by atomic mass is 16.5. The van der Waals surface area contributed by atoms with Crippen molar-refractivity contribution in [2.45, 2.75) is 142 Å². The Morgan fingerprint density at radius 3 is 2.12 bits per heavy atom. The average Bonchev–Trinajstić information content (AvgIpc) is 3.98. The van der Waals surface area contributed by atoms with Gasteiger partial charge in [0.25, 0.3) is 11.8 Å². The monoisotopic (exact) mass is 937 g/mol. The Kier molecular flexibility index (Phi) is 17.9. The number of aromatic hydroxyl groups is 1. The Morgan fingerprint density at radius 2 is 1.55 bits per heavy atom. The summed E-state index contributed by atoms with van der Waals surface area (Å²) in [6.45, 7) is 17.2. The van der Waals surface area contributed by atoms with E-state index in [9.17, 15) is 58.5 Å². The van der Waals surface area contributed by atoms with Gasteiger partial charge in [0.05, 0.1) is 11.5 Å². The van der Waals surface area contributed by atoms with Crippen molar-refractivity contribution < 1.29 is 63.2 Å². The molecular weight excluding hydrogens is 871 g/mol. The number of likely N-dealkylation sites (N-methyl/N-ethyl adjacent to an activating group) is 1. The van der Waals surface area contributed by atoms with Gasteiger partial charge < -0.3 is 56.4 Å². The molecule has 10 atom stereocenters. The Balaban J connectivity index is 1.88. The number of rotatable bonds is 14. The number of phenolic OH excluding ortho intramolecular Hbond substituents is 1. The number of nitrogens with zero attached hydrogens (tertiary/aromatic N) is 2. The van der Waals surface area contributed by atoms with Crippen LogP contribution in [0.4, 0.5) is 0 Å². The van der Waals surface area contributed by atoms with E-state index in [2.05, 4.69) is 33.2 Å². The molecule has 4 aliphatic rings. The Bertz CT molecular complexity index is 2120. The van der Waals surface area contributed by atoms with Crippen molar-refractivity contribution >= 4 is 53.3 Å². The van der Waals surface area contributed by atoms with Crippen LogP contribution in [0.2, 0.25) is 0 Å². The van der Waals surface area contributed by atoms with Crippen LogP contribution in [0.5, 0.6) is 5.75 Å². The van der Waals surface area contributed by atoms with E-state index >= 15 is 0 Å². The number of ether oxygens (including phenoxy) is 1. The second-order valence-corrected chi connectivity index (χ2v) is 18.6. The number of aliphatic carboxylic acids is 1. The van der Waals surface area contributed by atoms with Gasteiger partial charge in [0.15, 0.2) is 6.04 Å². The van der Waals surface area contributed by atoms with Crippen LogP contribution in [-0.4, -0.2) is 127 Å². The van der Waals surface area contributed by atoms with E-state index in [4.69, 9.17) is 4.74 Å². The van der Waals surface area contributed by atoms with Crippen LogP contribution in [0.15, 0.2) is 48.4 Å². The van der Waals surface area contributed by atoms with Crippen LogP contribution in [0.1, 0.15) is 99.5 Å². The van der Waals surface area contributed by atoms with E-state index in [1.54, 1.807) is 60.6 Å². The number of hydrogen-bond acceptors (Lipinski definition) is 12. The predicted molar refractivity (Wildman–Crippen MR) is 241 cm³/mol. The molecule has 5 rings (SSSR count). The number of carbonyl (C=O) groups is 9. The van der Waals surface area contributed by atoms with Gasteiger partial charge in [-0.15, -0.1) is 0 Å². The molecule has 0 aromatic heterocycles. The average molecular weight is 938 g/mol. The minimum atomic E-state index is -2.00. The summed E-state index contributed by atoms with van der Waals surface area (Å²) in [6, 6.07) is -1.70. The number of hydrogen-bond donors (Lipinski definition) is 8. The maximum Gasteiger partial charge on any atom is 0.334 e. The summed E-state index contributed by atoms with van der Waals surface area (Å²) in [5, 5.41) is 44.1. The van der Waals surface area contributed by atoms with Crippen molar-refractivity contribution in [3.05, 3.63) is 53.9 Å². The lowest BCUT2D eigenvalue weighted by Gasteiger charge is -2.44. The van der Waals surface area contributed by atoms with E-state index in [0.717, 1.165) is 9.80 Å². The maximum absolute atomic E-state index is 14.9. The van der Waals surface area contributed by atoms with Crippen LogP contribution >= 0.6 is 0 Å². The molecule has 2 bridgehead atoms. The van der Waals surface area contributed by atoms with E-state index < -0.39 is 138 Å². The zero-order chi connectivity index (χ0) is 50.2. The molecule has 8 N–H and O–H groups in total. The second-order valence-electron chi connectivity index (χ2n) is 18.6. The molecule has 368 valence electrons. The molecule has 1 spiro atoms. The number of aliphatic hydroxyl groups is 1. The van der Waals surface area contributed by atoms with Crippen molar-refractivity contribution in [2.75, 3.05) is 7.05 Å². The smallest absolute Gasteiger partial charge is 0.334 e. The first-order valence-electron chi connectivity index (χ1n) is 22.8. The lowest BCUT2D eigenvalue weighted by atomic mass is 9.91. The third-order valence-electron chi connectivity index (χ3n) is 12.8. The first-order valence-corrected chi connectivity index (χ1v) is 22.8. The topological polar surface area (TPSA) is 290 Å². The Morgan fingerprint density at radius 1 is 0.925 bits per heavy atom. The fourth-order valence-corrected chi connectivity index (χ4v) is 8.19. The number of aliphatic hydroxyl groups excluding tert-OH is 1. The summed E-state index contributed by atoms with van der Waals surface area (Å²) < 4.78 is 5.70.